The first-order valence-corrected chi connectivity index (χ1v) is 5.67. The monoisotopic (exact) mass is 296 g/mol. The molecule has 90 valence electrons. The molecule has 0 aromatic heterocycles. The zero-order chi connectivity index (χ0) is 13.0. The van der Waals surface area contributed by atoms with E-state index in [2.05, 4.69) is 20.9 Å². The molecule has 0 saturated heterocycles. The standard InChI is InChI=1S/C12H13BrN2O2/c1-7-10(9(4-14)5-15-2)3-8(6-16)12(17)11(7)13/h3-6,17H,14H2,1-2H3/b9-4+,15-5?. The van der Waals surface area contributed by atoms with Crippen molar-refractivity contribution in [2.45, 2.75) is 6.92 Å². The molecule has 17 heavy (non-hydrogen) atoms. The van der Waals surface area contributed by atoms with Crippen LogP contribution in [0.1, 0.15) is 21.5 Å². The zero-order valence-electron chi connectivity index (χ0n) is 9.57. The van der Waals surface area contributed by atoms with E-state index < -0.39 is 0 Å². The van der Waals surface area contributed by atoms with Gasteiger partial charge in [0.25, 0.3) is 0 Å². The molecule has 1 aromatic carbocycles. The molecule has 0 bridgehead atoms. The number of benzene rings is 1. The first-order valence-electron chi connectivity index (χ1n) is 4.88. The normalized spacial score (nSPS) is 12.1. The van der Waals surface area contributed by atoms with Crippen LogP contribution in [0.5, 0.6) is 5.75 Å². The summed E-state index contributed by atoms with van der Waals surface area (Å²) in [5.74, 6) is -0.0638. The van der Waals surface area contributed by atoms with Gasteiger partial charge in [-0.15, -0.1) is 0 Å². The van der Waals surface area contributed by atoms with Crippen LogP contribution < -0.4 is 5.73 Å². The number of nitrogens with two attached hydrogens (primary N) is 1. The van der Waals surface area contributed by atoms with Gasteiger partial charge in [0.05, 0.1) is 10.0 Å². The average Bonchev–Trinajstić information content (AvgIpc) is 2.34. The minimum Gasteiger partial charge on any atom is -0.506 e. The number of carbonyl (C=O) groups is 1. The Morgan fingerprint density at radius 3 is 2.71 bits per heavy atom. The molecule has 0 aliphatic carbocycles. The highest BCUT2D eigenvalue weighted by atomic mass is 79.9. The van der Waals surface area contributed by atoms with Crippen LogP contribution in [-0.4, -0.2) is 24.7 Å². The van der Waals surface area contributed by atoms with Crippen molar-refractivity contribution < 1.29 is 9.90 Å². The summed E-state index contributed by atoms with van der Waals surface area (Å²) in [5, 5.41) is 9.72. The van der Waals surface area contributed by atoms with Crippen LogP contribution in [0.4, 0.5) is 0 Å². The molecular formula is C12H13BrN2O2. The summed E-state index contributed by atoms with van der Waals surface area (Å²) in [6.45, 7) is 1.82. The second-order valence-electron chi connectivity index (χ2n) is 3.43. The average molecular weight is 297 g/mol. The summed E-state index contributed by atoms with van der Waals surface area (Å²) in [7, 11) is 1.63. The summed E-state index contributed by atoms with van der Waals surface area (Å²) in [5.41, 5.74) is 7.97. The van der Waals surface area contributed by atoms with Crippen molar-refractivity contribution in [1.29, 1.82) is 0 Å². The summed E-state index contributed by atoms with van der Waals surface area (Å²) in [6, 6.07) is 1.59. The summed E-state index contributed by atoms with van der Waals surface area (Å²) < 4.78 is 0.487. The number of nitrogens with zero attached hydrogens (tertiary/aromatic N) is 1. The fourth-order valence-corrected chi connectivity index (χ4v) is 1.93. The van der Waals surface area contributed by atoms with Crippen LogP contribution in [0.3, 0.4) is 0 Å². The molecule has 3 N–H and O–H groups in total. The lowest BCUT2D eigenvalue weighted by atomic mass is 9.98. The van der Waals surface area contributed by atoms with E-state index in [0.29, 0.717) is 16.3 Å². The Bertz CT molecular complexity index is 508. The van der Waals surface area contributed by atoms with Gasteiger partial charge in [-0.3, -0.25) is 9.79 Å². The van der Waals surface area contributed by atoms with Crippen LogP contribution in [-0.2, 0) is 0 Å². The highest BCUT2D eigenvalue weighted by molar-refractivity contribution is 9.10. The van der Waals surface area contributed by atoms with E-state index >= 15 is 0 Å². The summed E-state index contributed by atoms with van der Waals surface area (Å²) in [4.78, 5) is 14.7. The molecule has 0 heterocycles. The fraction of sp³-hybridized carbons (Fsp3) is 0.167. The molecule has 5 heteroatoms. The van der Waals surface area contributed by atoms with Crippen molar-refractivity contribution in [2.24, 2.45) is 10.7 Å². The minimum absolute atomic E-state index is 0.0638. The van der Waals surface area contributed by atoms with E-state index in [9.17, 15) is 9.90 Å². The number of rotatable bonds is 3. The van der Waals surface area contributed by atoms with Gasteiger partial charge in [-0.1, -0.05) is 0 Å². The van der Waals surface area contributed by atoms with Crippen molar-refractivity contribution >= 4 is 34.0 Å². The van der Waals surface area contributed by atoms with Crippen LogP contribution in [0.25, 0.3) is 5.57 Å². The smallest absolute Gasteiger partial charge is 0.153 e. The Balaban J connectivity index is 3.54. The molecule has 0 atom stereocenters. The van der Waals surface area contributed by atoms with Crippen LogP contribution in [0.15, 0.2) is 21.7 Å². The number of aldehydes is 1. The van der Waals surface area contributed by atoms with Crippen molar-refractivity contribution in [2.75, 3.05) is 7.05 Å². The third-order valence-corrected chi connectivity index (χ3v) is 3.37. The highest BCUT2D eigenvalue weighted by Crippen LogP contribution is 2.34. The Morgan fingerprint density at radius 2 is 2.24 bits per heavy atom. The number of allylic oxidation sites excluding steroid dienone is 1. The Hall–Kier alpha value is -1.62. The lowest BCUT2D eigenvalue weighted by molar-refractivity contribution is 0.112. The lowest BCUT2D eigenvalue weighted by Crippen LogP contribution is -1.98. The van der Waals surface area contributed by atoms with E-state index in [4.69, 9.17) is 5.73 Å². The van der Waals surface area contributed by atoms with Gasteiger partial charge in [0.2, 0.25) is 0 Å². The Morgan fingerprint density at radius 1 is 1.59 bits per heavy atom. The van der Waals surface area contributed by atoms with E-state index in [0.717, 1.165) is 11.1 Å². The maximum Gasteiger partial charge on any atom is 0.153 e. The lowest BCUT2D eigenvalue weighted by Gasteiger charge is -2.11. The van der Waals surface area contributed by atoms with Crippen molar-refractivity contribution in [3.05, 3.63) is 33.4 Å². The molecular weight excluding hydrogens is 284 g/mol. The number of carbonyl (C=O) groups excluding carboxylic acids is 1. The quantitative estimate of drug-likeness (QED) is 0.664. The molecule has 0 aliphatic rings. The maximum atomic E-state index is 10.8. The number of phenolic OH excluding ortho intramolecular Hbond substituents is 1. The predicted molar refractivity (Wildman–Crippen MR) is 72.5 cm³/mol. The van der Waals surface area contributed by atoms with Gasteiger partial charge in [-0.05, 0) is 40.0 Å². The molecule has 0 unspecified atom stereocenters. The molecule has 1 aromatic rings. The largest absolute Gasteiger partial charge is 0.506 e. The molecule has 0 radical (unpaired) electrons. The van der Waals surface area contributed by atoms with Crippen LogP contribution in [0.2, 0.25) is 0 Å². The third kappa shape index (κ3) is 2.55. The number of aromatic hydroxyl groups is 1. The number of hydrogen-bond donors (Lipinski definition) is 2. The maximum absolute atomic E-state index is 10.8. The number of halogens is 1. The van der Waals surface area contributed by atoms with Crippen molar-refractivity contribution in [3.8, 4) is 5.75 Å². The first-order chi connectivity index (χ1) is 8.06. The summed E-state index contributed by atoms with van der Waals surface area (Å²) in [6.07, 6.45) is 3.61. The van der Waals surface area contributed by atoms with Gasteiger partial charge in [-0.2, -0.15) is 0 Å². The molecule has 0 spiro atoms. The highest BCUT2D eigenvalue weighted by Gasteiger charge is 2.14. The second-order valence-corrected chi connectivity index (χ2v) is 4.22. The van der Waals surface area contributed by atoms with Gasteiger partial charge in [-0.25, -0.2) is 0 Å². The van der Waals surface area contributed by atoms with Gasteiger partial charge in [0.1, 0.15) is 5.75 Å². The zero-order valence-corrected chi connectivity index (χ0v) is 11.2. The molecule has 0 amide bonds. The van der Waals surface area contributed by atoms with E-state index in [1.807, 2.05) is 6.92 Å². The van der Waals surface area contributed by atoms with E-state index in [-0.39, 0.29) is 11.3 Å². The Kier molecular flexibility index (Phi) is 4.45. The van der Waals surface area contributed by atoms with E-state index in [1.54, 1.807) is 19.3 Å². The third-order valence-electron chi connectivity index (χ3n) is 2.40. The minimum atomic E-state index is -0.0638. The first kappa shape index (κ1) is 13.4. The predicted octanol–water partition coefficient (Wildman–Crippen LogP) is 2.28. The number of phenols is 1. The molecule has 0 saturated carbocycles. The molecule has 0 fully saturated rings. The van der Waals surface area contributed by atoms with Crippen LogP contribution in [0, 0.1) is 6.92 Å². The van der Waals surface area contributed by atoms with E-state index in [1.165, 1.54) is 6.20 Å². The molecule has 1 rings (SSSR count). The van der Waals surface area contributed by atoms with Crippen LogP contribution >= 0.6 is 15.9 Å². The second kappa shape index (κ2) is 5.63. The fourth-order valence-electron chi connectivity index (χ4n) is 1.49. The van der Waals surface area contributed by atoms with Gasteiger partial charge in [0.15, 0.2) is 6.29 Å². The topological polar surface area (TPSA) is 75.7 Å². The molecule has 4 nitrogen and oxygen atoms in total. The van der Waals surface area contributed by atoms with Gasteiger partial charge < -0.3 is 10.8 Å². The van der Waals surface area contributed by atoms with Crippen molar-refractivity contribution in [1.82, 2.24) is 0 Å². The van der Waals surface area contributed by atoms with Gasteiger partial charge in [0, 0.05) is 25.0 Å². The Labute approximate surface area is 108 Å². The molecule has 0 aliphatic heterocycles. The SMILES string of the molecule is CN=C/C(=C\N)c1cc(C=O)c(O)c(Br)c1C. The number of hydrogen-bond acceptors (Lipinski definition) is 4. The van der Waals surface area contributed by atoms with Crippen molar-refractivity contribution in [3.63, 3.8) is 0 Å². The van der Waals surface area contributed by atoms with Gasteiger partial charge >= 0.3 is 0 Å². The number of aliphatic imine (C=N–C) groups is 1. The summed E-state index contributed by atoms with van der Waals surface area (Å²) >= 11 is 3.25.